The molecule has 2 fully saturated rings. The Bertz CT molecular complexity index is 1210. The van der Waals surface area contributed by atoms with Crippen molar-refractivity contribution in [3.63, 3.8) is 0 Å². The lowest BCUT2D eigenvalue weighted by Crippen LogP contribution is -2.61. The van der Waals surface area contributed by atoms with Crippen molar-refractivity contribution in [3.8, 4) is 0 Å². The number of hydrogen-bond acceptors (Lipinski definition) is 5. The molecule has 1 unspecified atom stereocenters. The lowest BCUT2D eigenvalue weighted by Gasteiger charge is -2.43. The largest absolute Gasteiger partial charge is 0.390 e. The van der Waals surface area contributed by atoms with Crippen LogP contribution in [0.1, 0.15) is 85.1 Å². The third-order valence-corrected chi connectivity index (χ3v) is 8.48. The number of fused-ring (bicyclic) bond motifs is 2. The van der Waals surface area contributed by atoms with E-state index in [-0.39, 0.29) is 29.6 Å². The predicted octanol–water partition coefficient (Wildman–Crippen LogP) is 3.57. The first-order valence-corrected chi connectivity index (χ1v) is 13.1. The van der Waals surface area contributed by atoms with Gasteiger partial charge in [0.15, 0.2) is 5.96 Å². The van der Waals surface area contributed by atoms with E-state index in [1.54, 1.807) is 25.3 Å². The summed E-state index contributed by atoms with van der Waals surface area (Å²) in [5.41, 5.74) is 2.63. The molecule has 1 aliphatic heterocycles. The van der Waals surface area contributed by atoms with E-state index in [0.29, 0.717) is 18.6 Å². The zero-order chi connectivity index (χ0) is 26.4. The van der Waals surface area contributed by atoms with Crippen LogP contribution in [0.4, 0.5) is 0 Å². The molecule has 0 aromatic heterocycles. The van der Waals surface area contributed by atoms with Crippen LogP contribution < -0.4 is 10.6 Å². The summed E-state index contributed by atoms with van der Waals surface area (Å²) in [6.45, 7) is 4.35. The number of aliphatic hydroxyl groups excluding tert-OH is 1. The summed E-state index contributed by atoms with van der Waals surface area (Å²) in [4.78, 5) is 28.1. The Morgan fingerprint density at radius 2 is 2.03 bits per heavy atom. The SMILES string of the molecule is CCC1(C)CC(=O)N([C@H](CCOC)c2cccc(C(=O)N[C@@H]3c4ccccc4C4(CC4)[C@H]3O)c2)C(=N)N1. The predicted molar refractivity (Wildman–Crippen MR) is 140 cm³/mol. The molecule has 2 aliphatic carbocycles. The first kappa shape index (κ1) is 25.4. The van der Waals surface area contributed by atoms with Gasteiger partial charge in [0.1, 0.15) is 0 Å². The van der Waals surface area contributed by atoms with E-state index in [1.165, 1.54) is 4.90 Å². The van der Waals surface area contributed by atoms with Crippen LogP contribution in [0.15, 0.2) is 48.5 Å². The molecule has 1 saturated carbocycles. The highest BCUT2D eigenvalue weighted by atomic mass is 16.5. The number of methoxy groups -OCH3 is 1. The zero-order valence-corrected chi connectivity index (χ0v) is 21.7. The van der Waals surface area contributed by atoms with E-state index in [2.05, 4.69) is 16.7 Å². The van der Waals surface area contributed by atoms with Gasteiger partial charge in [0.25, 0.3) is 5.91 Å². The molecule has 0 bridgehead atoms. The molecule has 4 atom stereocenters. The van der Waals surface area contributed by atoms with Crippen LogP contribution in [0.5, 0.6) is 0 Å². The van der Waals surface area contributed by atoms with Crippen molar-refractivity contribution in [2.45, 2.75) is 75.1 Å². The molecular formula is C29H36N4O4. The second kappa shape index (κ2) is 9.58. The van der Waals surface area contributed by atoms with Gasteiger partial charge in [0, 0.05) is 30.2 Å². The van der Waals surface area contributed by atoms with Gasteiger partial charge in [-0.3, -0.25) is 19.9 Å². The minimum absolute atomic E-state index is 0.0666. The number of carbonyl (C=O) groups excluding carboxylic acids is 2. The molecular weight excluding hydrogens is 468 g/mol. The monoisotopic (exact) mass is 504 g/mol. The van der Waals surface area contributed by atoms with Crippen LogP contribution >= 0.6 is 0 Å². The minimum Gasteiger partial charge on any atom is -0.390 e. The average molecular weight is 505 g/mol. The summed E-state index contributed by atoms with van der Waals surface area (Å²) in [5, 5.41) is 26.0. The quantitative estimate of drug-likeness (QED) is 0.439. The lowest BCUT2D eigenvalue weighted by atomic mass is 9.90. The third-order valence-electron chi connectivity index (χ3n) is 8.48. The molecule has 4 N–H and O–H groups in total. The molecule has 8 heteroatoms. The molecule has 0 radical (unpaired) electrons. The van der Waals surface area contributed by atoms with E-state index >= 15 is 0 Å². The minimum atomic E-state index is -0.656. The highest BCUT2D eigenvalue weighted by Gasteiger charge is 2.59. The van der Waals surface area contributed by atoms with Gasteiger partial charge in [-0.25, -0.2) is 0 Å². The Morgan fingerprint density at radius 3 is 2.70 bits per heavy atom. The second-order valence-corrected chi connectivity index (χ2v) is 10.9. The normalized spacial score (nSPS) is 26.5. The Labute approximate surface area is 217 Å². The molecule has 1 saturated heterocycles. The highest BCUT2D eigenvalue weighted by Crippen LogP contribution is 2.59. The van der Waals surface area contributed by atoms with E-state index in [9.17, 15) is 14.7 Å². The highest BCUT2D eigenvalue weighted by molar-refractivity contribution is 6.00. The fourth-order valence-electron chi connectivity index (χ4n) is 5.99. The summed E-state index contributed by atoms with van der Waals surface area (Å²) in [5.74, 6) is -0.331. The first-order chi connectivity index (χ1) is 17.7. The number of carbonyl (C=O) groups is 2. The van der Waals surface area contributed by atoms with Crippen LogP contribution in [0.3, 0.4) is 0 Å². The topological polar surface area (TPSA) is 115 Å². The van der Waals surface area contributed by atoms with Crippen LogP contribution in [0.25, 0.3) is 0 Å². The van der Waals surface area contributed by atoms with Crippen molar-refractivity contribution in [3.05, 3.63) is 70.8 Å². The van der Waals surface area contributed by atoms with Gasteiger partial charge in [-0.1, -0.05) is 43.3 Å². The fourth-order valence-corrected chi connectivity index (χ4v) is 5.99. The number of amides is 2. The van der Waals surface area contributed by atoms with Crippen LogP contribution in [-0.4, -0.2) is 53.1 Å². The Kier molecular flexibility index (Phi) is 6.58. The fraction of sp³-hybridized carbons (Fsp3) is 0.483. The Morgan fingerprint density at radius 1 is 1.27 bits per heavy atom. The van der Waals surface area contributed by atoms with E-state index < -0.39 is 23.7 Å². The van der Waals surface area contributed by atoms with Gasteiger partial charge in [-0.05, 0) is 61.4 Å². The van der Waals surface area contributed by atoms with Gasteiger partial charge >= 0.3 is 0 Å². The van der Waals surface area contributed by atoms with Gasteiger partial charge in [0.2, 0.25) is 5.91 Å². The number of benzene rings is 2. The number of nitrogens with zero attached hydrogens (tertiary/aromatic N) is 1. The van der Waals surface area contributed by atoms with Crippen LogP contribution in [0.2, 0.25) is 0 Å². The van der Waals surface area contributed by atoms with Gasteiger partial charge < -0.3 is 20.5 Å². The van der Waals surface area contributed by atoms with Crippen molar-refractivity contribution in [2.24, 2.45) is 0 Å². The first-order valence-electron chi connectivity index (χ1n) is 13.1. The number of nitrogens with one attached hydrogen (secondary N) is 3. The van der Waals surface area contributed by atoms with Crippen molar-refractivity contribution in [1.82, 2.24) is 15.5 Å². The van der Waals surface area contributed by atoms with Crippen LogP contribution in [0, 0.1) is 5.41 Å². The van der Waals surface area contributed by atoms with Gasteiger partial charge in [0.05, 0.1) is 24.6 Å². The summed E-state index contributed by atoms with van der Waals surface area (Å²) >= 11 is 0. The summed E-state index contributed by atoms with van der Waals surface area (Å²) in [6.07, 6.45) is 2.69. The molecule has 5 rings (SSSR count). The second-order valence-electron chi connectivity index (χ2n) is 10.9. The molecule has 1 spiro atoms. The van der Waals surface area contributed by atoms with Crippen molar-refractivity contribution in [2.75, 3.05) is 13.7 Å². The zero-order valence-electron chi connectivity index (χ0n) is 21.7. The molecule has 2 amide bonds. The third kappa shape index (κ3) is 4.42. The Hall–Kier alpha value is -3.23. The maximum absolute atomic E-state index is 13.4. The average Bonchev–Trinajstić information content (AvgIpc) is 3.66. The number of rotatable bonds is 8. The number of ether oxygens (including phenoxy) is 1. The van der Waals surface area contributed by atoms with E-state index in [0.717, 1.165) is 36.0 Å². The summed E-state index contributed by atoms with van der Waals surface area (Å²) < 4.78 is 5.32. The van der Waals surface area contributed by atoms with Gasteiger partial charge in [-0.15, -0.1) is 0 Å². The van der Waals surface area contributed by atoms with E-state index in [1.807, 2.05) is 38.1 Å². The molecule has 1 heterocycles. The number of hydrogen-bond donors (Lipinski definition) is 4. The standard InChI is InChI=1S/C29H36N4O4/c1-4-28(2)17-23(34)33(27(30)32-28)22(12-15-37-3)18-8-7-9-19(16-18)26(36)31-24-20-10-5-6-11-21(20)29(13-14-29)25(24)35/h5-11,16,22,24-25,35H,4,12-15,17H2,1-3H3,(H2,30,32)(H,31,36)/t22-,24-,25+,28?/m1/s1. The maximum atomic E-state index is 13.4. The number of guanidine groups is 1. The van der Waals surface area contributed by atoms with Crippen molar-refractivity contribution in [1.29, 1.82) is 5.41 Å². The summed E-state index contributed by atoms with van der Waals surface area (Å²) in [6, 6.07) is 14.2. The van der Waals surface area contributed by atoms with E-state index in [4.69, 9.17) is 10.1 Å². The maximum Gasteiger partial charge on any atom is 0.251 e. The molecule has 3 aliphatic rings. The van der Waals surface area contributed by atoms with Crippen molar-refractivity contribution < 1.29 is 19.4 Å². The smallest absolute Gasteiger partial charge is 0.251 e. The molecule has 196 valence electrons. The van der Waals surface area contributed by atoms with Gasteiger partial charge in [-0.2, -0.15) is 0 Å². The lowest BCUT2D eigenvalue weighted by molar-refractivity contribution is -0.132. The molecule has 2 aromatic carbocycles. The van der Waals surface area contributed by atoms with Crippen LogP contribution in [-0.2, 0) is 14.9 Å². The summed E-state index contributed by atoms with van der Waals surface area (Å²) in [7, 11) is 1.61. The molecule has 37 heavy (non-hydrogen) atoms. The number of aliphatic hydroxyl groups is 1. The molecule has 8 nitrogen and oxygen atoms in total. The molecule has 2 aromatic rings. The Balaban J connectivity index is 1.40. The van der Waals surface area contributed by atoms with Crippen molar-refractivity contribution >= 4 is 17.8 Å².